The van der Waals surface area contributed by atoms with E-state index in [0.717, 1.165) is 25.3 Å². The molecule has 1 aromatic carbocycles. The lowest BCUT2D eigenvalue weighted by molar-refractivity contribution is 0.0693. The molecule has 0 amide bonds. The van der Waals surface area contributed by atoms with E-state index in [1.54, 1.807) is 0 Å². The van der Waals surface area contributed by atoms with Crippen molar-refractivity contribution in [3.05, 3.63) is 23.8 Å². The molecule has 1 aliphatic carbocycles. The number of carbonyl (C=O) groups is 1. The summed E-state index contributed by atoms with van der Waals surface area (Å²) < 4.78 is 32.0. The summed E-state index contributed by atoms with van der Waals surface area (Å²) in [7, 11) is -2.38. The second-order valence-corrected chi connectivity index (χ2v) is 7.42. The van der Waals surface area contributed by atoms with Gasteiger partial charge in [0.1, 0.15) is 11.3 Å². The molecule has 21 heavy (non-hydrogen) atoms. The number of methoxy groups -OCH3 is 1. The molecule has 2 N–H and O–H groups in total. The minimum absolute atomic E-state index is 0.00910. The van der Waals surface area contributed by atoms with E-state index in [9.17, 15) is 13.2 Å². The summed E-state index contributed by atoms with van der Waals surface area (Å²) in [6.07, 6.45) is 3.11. The molecule has 0 bridgehead atoms. The van der Waals surface area contributed by atoms with Gasteiger partial charge in [0.2, 0.25) is 10.0 Å². The molecular formula is C14H19NO5S. The van der Waals surface area contributed by atoms with E-state index in [2.05, 4.69) is 4.72 Å². The summed E-state index contributed by atoms with van der Waals surface area (Å²) in [6, 6.07) is 3.81. The van der Waals surface area contributed by atoms with Crippen molar-refractivity contribution >= 4 is 16.0 Å². The van der Waals surface area contributed by atoms with Crippen molar-refractivity contribution < 1.29 is 23.1 Å². The fraction of sp³-hybridized carbons (Fsp3) is 0.500. The molecule has 0 atom stereocenters. The minimum Gasteiger partial charge on any atom is -0.496 e. The monoisotopic (exact) mass is 313 g/mol. The Bertz CT molecular complexity index is 649. The van der Waals surface area contributed by atoms with Gasteiger partial charge in [-0.2, -0.15) is 0 Å². The van der Waals surface area contributed by atoms with E-state index in [0.29, 0.717) is 6.54 Å². The van der Waals surface area contributed by atoms with Crippen molar-refractivity contribution in [1.82, 2.24) is 4.72 Å². The molecule has 0 heterocycles. The molecule has 1 aromatic rings. The van der Waals surface area contributed by atoms with Crippen molar-refractivity contribution in [2.24, 2.45) is 5.41 Å². The summed E-state index contributed by atoms with van der Waals surface area (Å²) >= 11 is 0. The van der Waals surface area contributed by atoms with Gasteiger partial charge in [-0.25, -0.2) is 17.9 Å². The van der Waals surface area contributed by atoms with E-state index < -0.39 is 16.0 Å². The van der Waals surface area contributed by atoms with Crippen LogP contribution >= 0.6 is 0 Å². The maximum Gasteiger partial charge on any atom is 0.339 e. The Kier molecular flexibility index (Phi) is 4.25. The number of hydrogen-bond donors (Lipinski definition) is 2. The lowest BCUT2D eigenvalue weighted by atomic mass is 9.71. The van der Waals surface area contributed by atoms with Crippen molar-refractivity contribution in [3.63, 3.8) is 0 Å². The van der Waals surface area contributed by atoms with Gasteiger partial charge in [0.15, 0.2) is 0 Å². The molecule has 0 aromatic heterocycles. The molecule has 1 fully saturated rings. The number of aromatic carboxylic acids is 1. The first-order chi connectivity index (χ1) is 9.77. The summed E-state index contributed by atoms with van der Waals surface area (Å²) in [4.78, 5) is 11.1. The number of nitrogens with one attached hydrogen (secondary N) is 1. The van der Waals surface area contributed by atoms with Crippen molar-refractivity contribution in [1.29, 1.82) is 0 Å². The smallest absolute Gasteiger partial charge is 0.339 e. The zero-order valence-electron chi connectivity index (χ0n) is 12.0. The summed E-state index contributed by atoms with van der Waals surface area (Å²) in [5.41, 5.74) is -0.162. The molecule has 0 saturated heterocycles. The van der Waals surface area contributed by atoms with Gasteiger partial charge in [-0.1, -0.05) is 13.3 Å². The third-order valence-corrected chi connectivity index (χ3v) is 5.36. The zero-order chi connectivity index (χ0) is 15.7. The molecule has 0 radical (unpaired) electrons. The third-order valence-electron chi connectivity index (χ3n) is 3.96. The predicted octanol–water partition coefficient (Wildman–Crippen LogP) is 1.86. The molecule has 116 valence electrons. The predicted molar refractivity (Wildman–Crippen MR) is 77.1 cm³/mol. The molecule has 7 heteroatoms. The molecule has 6 nitrogen and oxygen atoms in total. The van der Waals surface area contributed by atoms with Crippen LogP contribution in [-0.2, 0) is 10.0 Å². The molecule has 1 aliphatic rings. The van der Waals surface area contributed by atoms with Crippen molar-refractivity contribution in [3.8, 4) is 5.75 Å². The Morgan fingerprint density at radius 3 is 2.57 bits per heavy atom. The average Bonchev–Trinajstić information content (AvgIpc) is 2.42. The van der Waals surface area contributed by atoms with Gasteiger partial charge in [0.05, 0.1) is 12.0 Å². The lowest BCUT2D eigenvalue weighted by Gasteiger charge is -2.38. The van der Waals surface area contributed by atoms with Crippen molar-refractivity contribution in [2.75, 3.05) is 13.7 Å². The number of carboxylic acid groups (broad SMARTS) is 1. The van der Waals surface area contributed by atoms with Gasteiger partial charge in [-0.3, -0.25) is 0 Å². The number of carboxylic acids is 1. The molecule has 1 saturated carbocycles. The first kappa shape index (κ1) is 15.8. The number of hydrogen-bond acceptors (Lipinski definition) is 4. The number of ether oxygens (including phenoxy) is 1. The van der Waals surface area contributed by atoms with E-state index in [4.69, 9.17) is 9.84 Å². The SMILES string of the molecule is COc1ccc(S(=O)(=O)NCC2(C)CCC2)cc1C(=O)O. The van der Waals surface area contributed by atoms with Crippen LogP contribution in [0.15, 0.2) is 23.1 Å². The van der Waals surface area contributed by atoms with Gasteiger partial charge in [-0.05, 0) is 36.5 Å². The van der Waals surface area contributed by atoms with Crippen LogP contribution < -0.4 is 9.46 Å². The Balaban J connectivity index is 2.23. The highest BCUT2D eigenvalue weighted by Crippen LogP contribution is 2.39. The number of benzene rings is 1. The molecule has 0 aliphatic heterocycles. The fourth-order valence-corrected chi connectivity index (χ4v) is 3.56. The zero-order valence-corrected chi connectivity index (χ0v) is 12.9. The summed E-state index contributed by atoms with van der Waals surface area (Å²) in [5, 5.41) is 9.10. The lowest BCUT2D eigenvalue weighted by Crippen LogP contribution is -2.39. The van der Waals surface area contributed by atoms with E-state index in [1.807, 2.05) is 6.92 Å². The van der Waals surface area contributed by atoms with Crippen LogP contribution in [0.1, 0.15) is 36.5 Å². The average molecular weight is 313 g/mol. The first-order valence-corrected chi connectivity index (χ1v) is 8.17. The van der Waals surface area contributed by atoms with E-state index in [1.165, 1.54) is 19.2 Å². The largest absolute Gasteiger partial charge is 0.496 e. The highest BCUT2D eigenvalue weighted by atomic mass is 32.2. The Morgan fingerprint density at radius 2 is 2.10 bits per heavy atom. The highest BCUT2D eigenvalue weighted by molar-refractivity contribution is 7.89. The fourth-order valence-electron chi connectivity index (χ4n) is 2.33. The van der Waals surface area contributed by atoms with Crippen LogP contribution in [0.3, 0.4) is 0 Å². The number of rotatable bonds is 6. The second kappa shape index (κ2) is 5.65. The molecule has 2 rings (SSSR count). The standard InChI is InChI=1S/C14H19NO5S/c1-14(6-3-7-14)9-15-21(18,19)10-4-5-12(20-2)11(8-10)13(16)17/h4-5,8,15H,3,6-7,9H2,1-2H3,(H,16,17). The van der Waals surface area contributed by atoms with Crippen molar-refractivity contribution in [2.45, 2.75) is 31.1 Å². The van der Waals surface area contributed by atoms with Gasteiger partial charge >= 0.3 is 5.97 Å². The van der Waals surface area contributed by atoms with Crippen LogP contribution in [0.25, 0.3) is 0 Å². The Labute approximate surface area is 124 Å². The van der Waals surface area contributed by atoms with E-state index >= 15 is 0 Å². The van der Waals surface area contributed by atoms with Gasteiger partial charge in [-0.15, -0.1) is 0 Å². The summed E-state index contributed by atoms with van der Waals surface area (Å²) in [5.74, 6) is -1.10. The summed E-state index contributed by atoms with van der Waals surface area (Å²) in [6.45, 7) is 2.40. The maximum atomic E-state index is 12.2. The van der Waals surface area contributed by atoms with Gasteiger partial charge in [0.25, 0.3) is 0 Å². The second-order valence-electron chi connectivity index (χ2n) is 5.66. The molecule has 0 unspecified atom stereocenters. The third kappa shape index (κ3) is 3.36. The highest BCUT2D eigenvalue weighted by Gasteiger charge is 2.33. The number of sulfonamides is 1. The normalized spacial score (nSPS) is 17.0. The van der Waals surface area contributed by atoms with Crippen LogP contribution in [0.2, 0.25) is 0 Å². The Hall–Kier alpha value is -1.60. The van der Waals surface area contributed by atoms with Crippen LogP contribution in [-0.4, -0.2) is 33.1 Å². The Morgan fingerprint density at radius 1 is 1.43 bits per heavy atom. The topological polar surface area (TPSA) is 92.7 Å². The van der Waals surface area contributed by atoms with Crippen LogP contribution in [0, 0.1) is 5.41 Å². The van der Waals surface area contributed by atoms with E-state index in [-0.39, 0.29) is 21.6 Å². The minimum atomic E-state index is -3.72. The van der Waals surface area contributed by atoms with Crippen LogP contribution in [0.5, 0.6) is 5.75 Å². The van der Waals surface area contributed by atoms with Gasteiger partial charge < -0.3 is 9.84 Å². The maximum absolute atomic E-state index is 12.2. The molecular weight excluding hydrogens is 294 g/mol. The van der Waals surface area contributed by atoms with Crippen LogP contribution in [0.4, 0.5) is 0 Å². The quantitative estimate of drug-likeness (QED) is 0.836. The van der Waals surface area contributed by atoms with Gasteiger partial charge in [0, 0.05) is 6.54 Å². The first-order valence-electron chi connectivity index (χ1n) is 6.68. The molecule has 0 spiro atoms.